The quantitative estimate of drug-likeness (QED) is 0.682. The van der Waals surface area contributed by atoms with Crippen LogP contribution in [0, 0.1) is 13.8 Å². The molecule has 1 amide bonds. The Labute approximate surface area is 151 Å². The van der Waals surface area contributed by atoms with Crippen LogP contribution >= 0.6 is 11.8 Å². The Hall–Kier alpha value is -2.53. The molecule has 0 radical (unpaired) electrons. The zero-order chi connectivity index (χ0) is 17.8. The fourth-order valence-corrected chi connectivity index (χ4v) is 3.46. The van der Waals surface area contributed by atoms with Gasteiger partial charge in [-0.3, -0.25) is 9.78 Å². The van der Waals surface area contributed by atoms with Crippen molar-refractivity contribution in [2.75, 3.05) is 18.2 Å². The van der Waals surface area contributed by atoms with E-state index in [0.717, 1.165) is 32.9 Å². The van der Waals surface area contributed by atoms with E-state index in [2.05, 4.69) is 10.3 Å². The molecule has 0 aliphatic carbocycles. The number of hydrogen-bond acceptors (Lipinski definition) is 4. The van der Waals surface area contributed by atoms with Gasteiger partial charge in [-0.25, -0.2) is 0 Å². The van der Waals surface area contributed by atoms with Crippen molar-refractivity contribution in [1.82, 2.24) is 4.98 Å². The van der Waals surface area contributed by atoms with Gasteiger partial charge in [0, 0.05) is 21.7 Å². The molecule has 128 valence electrons. The Balaban J connectivity index is 1.75. The normalized spacial score (nSPS) is 10.7. The number of pyridine rings is 1. The molecule has 1 heterocycles. The Morgan fingerprint density at radius 3 is 2.60 bits per heavy atom. The van der Waals surface area contributed by atoms with Crippen molar-refractivity contribution in [1.29, 1.82) is 0 Å². The number of nitrogens with zero attached hydrogens (tertiary/aromatic N) is 1. The lowest BCUT2D eigenvalue weighted by atomic mass is 10.2. The number of nitrogens with one attached hydrogen (secondary N) is 1. The minimum absolute atomic E-state index is 0.0284. The van der Waals surface area contributed by atoms with E-state index >= 15 is 0 Å². The van der Waals surface area contributed by atoms with Crippen molar-refractivity contribution in [3.05, 3.63) is 59.8 Å². The number of anilines is 1. The first-order chi connectivity index (χ1) is 12.0. The number of fused-ring (bicyclic) bond motifs is 1. The van der Waals surface area contributed by atoms with Crippen LogP contribution in [0.2, 0.25) is 0 Å². The number of carbonyl (C=O) groups excluding carboxylic acids is 1. The molecule has 3 rings (SSSR count). The van der Waals surface area contributed by atoms with Crippen molar-refractivity contribution in [3.63, 3.8) is 0 Å². The lowest BCUT2D eigenvalue weighted by molar-refractivity contribution is -0.113. The van der Waals surface area contributed by atoms with Crippen molar-refractivity contribution in [3.8, 4) is 5.75 Å². The van der Waals surface area contributed by atoms with E-state index in [-0.39, 0.29) is 5.91 Å². The van der Waals surface area contributed by atoms with Gasteiger partial charge in [0.25, 0.3) is 0 Å². The number of ether oxygens (including phenoxy) is 1. The van der Waals surface area contributed by atoms with Gasteiger partial charge in [0.05, 0.1) is 18.4 Å². The molecule has 3 aromatic rings. The summed E-state index contributed by atoms with van der Waals surface area (Å²) in [6.45, 7) is 3.98. The molecule has 0 atom stereocenters. The topological polar surface area (TPSA) is 51.2 Å². The molecule has 0 unspecified atom stereocenters. The Bertz CT molecular complexity index is 907. The average Bonchev–Trinajstić information content (AvgIpc) is 2.61. The van der Waals surface area contributed by atoms with E-state index in [1.165, 1.54) is 17.3 Å². The van der Waals surface area contributed by atoms with Crippen LogP contribution in [0.5, 0.6) is 5.75 Å². The summed E-state index contributed by atoms with van der Waals surface area (Å²) in [6, 6.07) is 15.6. The fourth-order valence-electron chi connectivity index (χ4n) is 2.52. The van der Waals surface area contributed by atoms with E-state index < -0.39 is 0 Å². The first kappa shape index (κ1) is 17.3. The van der Waals surface area contributed by atoms with Crippen molar-refractivity contribution >= 4 is 34.3 Å². The molecule has 25 heavy (non-hydrogen) atoms. The van der Waals surface area contributed by atoms with Crippen LogP contribution in [-0.4, -0.2) is 23.8 Å². The highest BCUT2D eigenvalue weighted by Gasteiger charge is 2.09. The highest BCUT2D eigenvalue weighted by molar-refractivity contribution is 8.00. The monoisotopic (exact) mass is 352 g/mol. The molecule has 1 aromatic heterocycles. The first-order valence-corrected chi connectivity index (χ1v) is 8.98. The molecule has 0 spiro atoms. The van der Waals surface area contributed by atoms with Crippen molar-refractivity contribution in [2.45, 2.75) is 18.7 Å². The third-order valence-electron chi connectivity index (χ3n) is 3.80. The van der Waals surface area contributed by atoms with Gasteiger partial charge in [-0.15, -0.1) is 11.8 Å². The summed E-state index contributed by atoms with van der Waals surface area (Å²) in [6.07, 6.45) is 0. The maximum absolute atomic E-state index is 12.2. The number of thioether (sulfide) groups is 1. The number of benzene rings is 2. The van der Waals surface area contributed by atoms with Gasteiger partial charge < -0.3 is 10.1 Å². The maximum Gasteiger partial charge on any atom is 0.234 e. The van der Waals surface area contributed by atoms with Gasteiger partial charge in [0.2, 0.25) is 5.91 Å². The van der Waals surface area contributed by atoms with Crippen LogP contribution in [0.15, 0.2) is 53.4 Å². The van der Waals surface area contributed by atoms with Gasteiger partial charge in [-0.05, 0) is 50.2 Å². The molecule has 0 aliphatic heterocycles. The van der Waals surface area contributed by atoms with Crippen LogP contribution in [-0.2, 0) is 4.79 Å². The molecule has 0 fully saturated rings. The molecule has 2 aromatic carbocycles. The first-order valence-electron chi connectivity index (χ1n) is 8.00. The Morgan fingerprint density at radius 2 is 1.88 bits per heavy atom. The van der Waals surface area contributed by atoms with E-state index in [9.17, 15) is 4.79 Å². The number of carbonyl (C=O) groups is 1. The van der Waals surface area contributed by atoms with Gasteiger partial charge in [0.1, 0.15) is 5.75 Å². The lowest BCUT2D eigenvalue weighted by Crippen LogP contribution is -2.13. The van der Waals surface area contributed by atoms with Crippen molar-refractivity contribution < 1.29 is 9.53 Å². The third-order valence-corrected chi connectivity index (χ3v) is 4.86. The minimum Gasteiger partial charge on any atom is -0.497 e. The number of aromatic nitrogens is 1. The Morgan fingerprint density at radius 1 is 1.12 bits per heavy atom. The second kappa shape index (κ2) is 7.57. The van der Waals surface area contributed by atoms with Crippen LogP contribution in [0.25, 0.3) is 10.9 Å². The maximum atomic E-state index is 12.2. The smallest absolute Gasteiger partial charge is 0.234 e. The molecule has 1 N–H and O–H groups in total. The number of aryl methyl sites for hydroxylation is 2. The molecular formula is C20H20N2O2S. The molecular weight excluding hydrogens is 332 g/mol. The molecule has 0 saturated carbocycles. The summed E-state index contributed by atoms with van der Waals surface area (Å²) in [5.74, 6) is 1.09. The molecule has 0 saturated heterocycles. The van der Waals surface area contributed by atoms with Crippen LogP contribution in [0.1, 0.15) is 11.3 Å². The summed E-state index contributed by atoms with van der Waals surface area (Å²) >= 11 is 1.51. The van der Waals surface area contributed by atoms with Crippen LogP contribution in [0.4, 0.5) is 5.69 Å². The molecule has 5 heteroatoms. The van der Waals surface area contributed by atoms with Crippen LogP contribution < -0.4 is 10.1 Å². The van der Waals surface area contributed by atoms with Gasteiger partial charge >= 0.3 is 0 Å². The highest BCUT2D eigenvalue weighted by Crippen LogP contribution is 2.30. The van der Waals surface area contributed by atoms with E-state index in [1.807, 2.05) is 62.4 Å². The lowest BCUT2D eigenvalue weighted by Gasteiger charge is -2.10. The SMILES string of the molecule is COc1ccc2nc(C)cc(SCC(=O)Nc3ccc(C)cc3)c2c1. The second-order valence-electron chi connectivity index (χ2n) is 5.85. The fraction of sp³-hybridized carbons (Fsp3) is 0.200. The highest BCUT2D eigenvalue weighted by atomic mass is 32.2. The molecule has 0 aliphatic rings. The third kappa shape index (κ3) is 4.31. The Kier molecular flexibility index (Phi) is 5.24. The zero-order valence-electron chi connectivity index (χ0n) is 14.5. The number of hydrogen-bond donors (Lipinski definition) is 1. The van der Waals surface area contributed by atoms with Gasteiger partial charge in [-0.2, -0.15) is 0 Å². The van der Waals surface area contributed by atoms with Crippen molar-refractivity contribution in [2.24, 2.45) is 0 Å². The summed E-state index contributed by atoms with van der Waals surface area (Å²) < 4.78 is 5.31. The predicted molar refractivity (Wildman–Crippen MR) is 104 cm³/mol. The minimum atomic E-state index is -0.0284. The summed E-state index contributed by atoms with van der Waals surface area (Å²) in [5.41, 5.74) is 3.81. The summed E-state index contributed by atoms with van der Waals surface area (Å²) in [7, 11) is 1.64. The number of methoxy groups -OCH3 is 1. The van der Waals surface area contributed by atoms with Crippen LogP contribution in [0.3, 0.4) is 0 Å². The van der Waals surface area contributed by atoms with E-state index in [0.29, 0.717) is 5.75 Å². The van der Waals surface area contributed by atoms with E-state index in [1.54, 1.807) is 7.11 Å². The second-order valence-corrected chi connectivity index (χ2v) is 6.86. The molecule has 4 nitrogen and oxygen atoms in total. The average molecular weight is 352 g/mol. The zero-order valence-corrected chi connectivity index (χ0v) is 15.3. The molecule has 0 bridgehead atoms. The number of amides is 1. The van der Waals surface area contributed by atoms with Gasteiger partial charge in [-0.1, -0.05) is 17.7 Å². The van der Waals surface area contributed by atoms with Gasteiger partial charge in [0.15, 0.2) is 0 Å². The summed E-state index contributed by atoms with van der Waals surface area (Å²) in [4.78, 5) is 17.8. The largest absolute Gasteiger partial charge is 0.497 e. The summed E-state index contributed by atoms with van der Waals surface area (Å²) in [5, 5.41) is 3.92. The standard InChI is InChI=1S/C20H20N2O2S/c1-13-4-6-15(7-5-13)22-20(23)12-25-19-10-14(2)21-18-9-8-16(24-3)11-17(18)19/h4-11H,12H2,1-3H3,(H,22,23). The number of rotatable bonds is 5. The predicted octanol–water partition coefficient (Wildman–Crippen LogP) is 4.59. The van der Waals surface area contributed by atoms with E-state index in [4.69, 9.17) is 4.74 Å².